The van der Waals surface area contributed by atoms with Crippen LogP contribution in [0.2, 0.25) is 0 Å². The summed E-state index contributed by atoms with van der Waals surface area (Å²) in [5.41, 5.74) is 2.35. The van der Waals surface area contributed by atoms with Gasteiger partial charge in [-0.1, -0.05) is 6.07 Å². The van der Waals surface area contributed by atoms with Crippen molar-refractivity contribution in [1.82, 2.24) is 24.5 Å². The molecule has 0 bridgehead atoms. The van der Waals surface area contributed by atoms with E-state index in [0.29, 0.717) is 12.2 Å². The van der Waals surface area contributed by atoms with Gasteiger partial charge in [0.1, 0.15) is 17.3 Å². The zero-order chi connectivity index (χ0) is 19.1. The Labute approximate surface area is 161 Å². The van der Waals surface area contributed by atoms with E-state index >= 15 is 0 Å². The number of carbonyl (C=O) groups excluding carboxylic acids is 1. The maximum atomic E-state index is 13.1. The largest absolute Gasteiger partial charge is 0.497 e. The number of benzene rings is 1. The number of ether oxygens (including phenoxy) is 1. The summed E-state index contributed by atoms with van der Waals surface area (Å²) in [4.78, 5) is 18.3. The van der Waals surface area contributed by atoms with Crippen LogP contribution in [-0.2, 0) is 0 Å². The van der Waals surface area contributed by atoms with Crippen molar-refractivity contribution >= 4 is 22.5 Å². The molecule has 1 fully saturated rings. The predicted octanol–water partition coefficient (Wildman–Crippen LogP) is 3.24. The number of aromatic amines is 1. The maximum Gasteiger partial charge on any atom is 0.270 e. The molecule has 1 saturated heterocycles. The molecule has 0 aliphatic carbocycles. The molecule has 1 aliphatic rings. The van der Waals surface area contributed by atoms with Gasteiger partial charge in [-0.15, -0.1) is 10.2 Å². The minimum atomic E-state index is 0.0219. The van der Waals surface area contributed by atoms with Crippen LogP contribution in [0.5, 0.6) is 5.75 Å². The van der Waals surface area contributed by atoms with E-state index in [0.717, 1.165) is 47.5 Å². The predicted molar refractivity (Wildman–Crippen MR) is 106 cm³/mol. The molecular formula is C21H21N5O2. The fraction of sp³-hybridized carbons (Fsp3) is 0.286. The molecule has 1 N–H and O–H groups in total. The fourth-order valence-electron chi connectivity index (χ4n) is 4.03. The Kier molecular flexibility index (Phi) is 4.00. The molecule has 1 unspecified atom stereocenters. The number of nitrogens with one attached hydrogen (secondary N) is 1. The van der Waals surface area contributed by atoms with Gasteiger partial charge in [-0.25, -0.2) is 0 Å². The number of nitrogens with zero attached hydrogens (tertiary/aromatic N) is 4. The molecule has 0 radical (unpaired) electrons. The Morgan fingerprint density at radius 1 is 1.21 bits per heavy atom. The Balaban J connectivity index is 1.41. The van der Waals surface area contributed by atoms with Crippen LogP contribution in [0.1, 0.15) is 35.1 Å². The first-order chi connectivity index (χ1) is 13.7. The molecule has 5 rings (SSSR count). The highest BCUT2D eigenvalue weighted by Gasteiger charge is 2.29. The average molecular weight is 375 g/mol. The molecule has 7 nitrogen and oxygen atoms in total. The van der Waals surface area contributed by atoms with Crippen molar-refractivity contribution in [2.75, 3.05) is 20.2 Å². The van der Waals surface area contributed by atoms with Crippen molar-refractivity contribution < 1.29 is 9.53 Å². The number of methoxy groups -OCH3 is 1. The van der Waals surface area contributed by atoms with E-state index in [9.17, 15) is 4.79 Å². The van der Waals surface area contributed by atoms with E-state index in [-0.39, 0.29) is 11.8 Å². The molecule has 3 aromatic heterocycles. The van der Waals surface area contributed by atoms with Crippen molar-refractivity contribution in [3.8, 4) is 5.75 Å². The number of piperidine rings is 1. The van der Waals surface area contributed by atoms with E-state index in [4.69, 9.17) is 4.74 Å². The third-order valence-electron chi connectivity index (χ3n) is 5.47. The van der Waals surface area contributed by atoms with Crippen LogP contribution in [0.4, 0.5) is 0 Å². The van der Waals surface area contributed by atoms with Gasteiger partial charge in [-0.2, -0.15) is 0 Å². The van der Waals surface area contributed by atoms with Gasteiger partial charge in [0.2, 0.25) is 0 Å². The number of hydrogen-bond acceptors (Lipinski definition) is 4. The average Bonchev–Trinajstić information content (AvgIpc) is 3.37. The molecule has 4 aromatic rings. The fourth-order valence-corrected chi connectivity index (χ4v) is 4.03. The number of carbonyl (C=O) groups is 1. The monoisotopic (exact) mass is 375 g/mol. The van der Waals surface area contributed by atoms with Crippen molar-refractivity contribution in [3.05, 3.63) is 60.2 Å². The van der Waals surface area contributed by atoms with Crippen molar-refractivity contribution in [2.24, 2.45) is 0 Å². The van der Waals surface area contributed by atoms with Crippen LogP contribution in [0.3, 0.4) is 0 Å². The lowest BCUT2D eigenvalue weighted by molar-refractivity contribution is 0.0699. The Bertz CT molecular complexity index is 1160. The van der Waals surface area contributed by atoms with Crippen LogP contribution in [0.15, 0.2) is 48.7 Å². The molecule has 1 amide bonds. The first-order valence-electron chi connectivity index (χ1n) is 9.48. The Hall–Kier alpha value is -3.35. The summed E-state index contributed by atoms with van der Waals surface area (Å²) in [7, 11) is 1.64. The molecule has 1 atom stereocenters. The molecule has 1 aliphatic heterocycles. The minimum Gasteiger partial charge on any atom is -0.497 e. The Morgan fingerprint density at radius 3 is 3.04 bits per heavy atom. The van der Waals surface area contributed by atoms with Gasteiger partial charge >= 0.3 is 0 Å². The Morgan fingerprint density at radius 2 is 2.14 bits per heavy atom. The van der Waals surface area contributed by atoms with Gasteiger partial charge in [0.05, 0.1) is 7.11 Å². The molecule has 0 spiro atoms. The second-order valence-electron chi connectivity index (χ2n) is 7.21. The number of pyridine rings is 1. The standard InChI is InChI=1S/C21H21N5O2/c1-28-16-8-7-14-11-18(22-17(14)12-16)21(27)25-9-4-5-15(13-25)20-24-23-19-6-2-3-10-26(19)20/h2-3,6-8,10-12,15,22H,4-5,9,13H2,1H3. The highest BCUT2D eigenvalue weighted by atomic mass is 16.5. The number of H-pyrrole nitrogens is 1. The molecule has 1 aromatic carbocycles. The highest BCUT2D eigenvalue weighted by Crippen LogP contribution is 2.28. The zero-order valence-electron chi connectivity index (χ0n) is 15.6. The minimum absolute atomic E-state index is 0.0219. The van der Waals surface area contributed by atoms with Crippen LogP contribution in [-0.4, -0.2) is 50.6 Å². The van der Waals surface area contributed by atoms with Gasteiger partial charge in [-0.05, 0) is 43.2 Å². The lowest BCUT2D eigenvalue weighted by Crippen LogP contribution is -2.39. The molecule has 142 valence electrons. The quantitative estimate of drug-likeness (QED) is 0.596. The first kappa shape index (κ1) is 16.8. The van der Waals surface area contributed by atoms with Crippen LogP contribution >= 0.6 is 0 Å². The van der Waals surface area contributed by atoms with E-state index in [1.807, 2.05) is 58.0 Å². The molecule has 0 saturated carbocycles. The number of aromatic nitrogens is 4. The maximum absolute atomic E-state index is 13.1. The lowest BCUT2D eigenvalue weighted by Gasteiger charge is -2.31. The summed E-state index contributed by atoms with van der Waals surface area (Å²) in [6, 6.07) is 13.6. The third-order valence-corrected chi connectivity index (χ3v) is 5.47. The summed E-state index contributed by atoms with van der Waals surface area (Å²) >= 11 is 0. The number of amides is 1. The molecular weight excluding hydrogens is 354 g/mol. The number of likely N-dealkylation sites (tertiary alicyclic amines) is 1. The smallest absolute Gasteiger partial charge is 0.270 e. The highest BCUT2D eigenvalue weighted by molar-refractivity contribution is 5.98. The van der Waals surface area contributed by atoms with Crippen LogP contribution in [0.25, 0.3) is 16.6 Å². The second kappa shape index (κ2) is 6.67. The summed E-state index contributed by atoms with van der Waals surface area (Å²) < 4.78 is 7.29. The number of hydrogen-bond donors (Lipinski definition) is 1. The summed E-state index contributed by atoms with van der Waals surface area (Å²) in [6.07, 6.45) is 3.94. The van der Waals surface area contributed by atoms with E-state index in [2.05, 4.69) is 15.2 Å². The van der Waals surface area contributed by atoms with Crippen molar-refractivity contribution in [3.63, 3.8) is 0 Å². The molecule has 28 heavy (non-hydrogen) atoms. The molecule has 7 heteroatoms. The van der Waals surface area contributed by atoms with Crippen molar-refractivity contribution in [2.45, 2.75) is 18.8 Å². The van der Waals surface area contributed by atoms with Gasteiger partial charge in [-0.3, -0.25) is 9.20 Å². The topological polar surface area (TPSA) is 75.5 Å². The summed E-state index contributed by atoms with van der Waals surface area (Å²) in [5.74, 6) is 1.90. The number of fused-ring (bicyclic) bond motifs is 2. The van der Waals surface area contributed by atoms with Crippen molar-refractivity contribution in [1.29, 1.82) is 0 Å². The SMILES string of the molecule is COc1ccc2cc(C(=O)N3CCCC(c4nnc5ccccn45)C3)[nH]c2c1. The van der Waals surface area contributed by atoms with Crippen LogP contribution < -0.4 is 4.74 Å². The van der Waals surface area contributed by atoms with E-state index in [1.165, 1.54) is 0 Å². The van der Waals surface area contributed by atoms with E-state index < -0.39 is 0 Å². The molecule has 4 heterocycles. The van der Waals surface area contributed by atoms with Gasteiger partial charge in [0.25, 0.3) is 5.91 Å². The third kappa shape index (κ3) is 2.79. The lowest BCUT2D eigenvalue weighted by atomic mass is 9.97. The normalized spacial score (nSPS) is 17.3. The summed E-state index contributed by atoms with van der Waals surface area (Å²) in [6.45, 7) is 1.40. The zero-order valence-corrected chi connectivity index (χ0v) is 15.6. The van der Waals surface area contributed by atoms with Crippen LogP contribution in [0, 0.1) is 0 Å². The van der Waals surface area contributed by atoms with Gasteiger partial charge < -0.3 is 14.6 Å². The van der Waals surface area contributed by atoms with Gasteiger partial charge in [0.15, 0.2) is 5.65 Å². The van der Waals surface area contributed by atoms with Gasteiger partial charge in [0, 0.05) is 42.2 Å². The summed E-state index contributed by atoms with van der Waals surface area (Å²) in [5, 5.41) is 9.65. The second-order valence-corrected chi connectivity index (χ2v) is 7.21. The van der Waals surface area contributed by atoms with E-state index in [1.54, 1.807) is 7.11 Å². The number of rotatable bonds is 3. The first-order valence-corrected chi connectivity index (χ1v) is 9.48.